The van der Waals surface area contributed by atoms with Crippen LogP contribution in [0.15, 0.2) is 36.9 Å². The lowest BCUT2D eigenvalue weighted by Gasteiger charge is -2.14. The number of carbonyl (C=O) groups is 1. The smallest absolute Gasteiger partial charge is 0.221 e. The molecule has 2 aromatic heterocycles. The van der Waals surface area contributed by atoms with Crippen LogP contribution in [0.25, 0.3) is 5.69 Å². The summed E-state index contributed by atoms with van der Waals surface area (Å²) >= 11 is 1.66. The van der Waals surface area contributed by atoms with Crippen molar-refractivity contribution < 1.29 is 4.79 Å². The van der Waals surface area contributed by atoms with Crippen molar-refractivity contribution in [1.82, 2.24) is 25.1 Å². The third kappa shape index (κ3) is 3.00. The molecule has 1 N–H and O–H groups in total. The zero-order chi connectivity index (χ0) is 17.4. The quantitative estimate of drug-likeness (QED) is 0.778. The molecule has 128 valence electrons. The van der Waals surface area contributed by atoms with Crippen LogP contribution in [-0.2, 0) is 11.3 Å². The zero-order valence-corrected chi connectivity index (χ0v) is 14.8. The van der Waals surface area contributed by atoms with Gasteiger partial charge in [-0.1, -0.05) is 12.1 Å². The maximum atomic E-state index is 12.1. The van der Waals surface area contributed by atoms with Crippen LogP contribution in [-0.4, -0.2) is 39.8 Å². The van der Waals surface area contributed by atoms with Gasteiger partial charge >= 0.3 is 0 Å². The van der Waals surface area contributed by atoms with Crippen LogP contribution in [0, 0.1) is 0 Å². The number of amides is 1. The zero-order valence-electron chi connectivity index (χ0n) is 14.0. The summed E-state index contributed by atoms with van der Waals surface area (Å²) in [6.07, 6.45) is 3.61. The number of rotatable bonds is 3. The Labute approximate surface area is 149 Å². The van der Waals surface area contributed by atoms with Crippen LogP contribution in [0.2, 0.25) is 0 Å². The van der Waals surface area contributed by atoms with Gasteiger partial charge in [-0.3, -0.25) is 4.79 Å². The molecule has 7 nitrogen and oxygen atoms in total. The first-order valence-electron chi connectivity index (χ1n) is 8.00. The first-order chi connectivity index (χ1) is 12.1. The molecule has 1 amide bonds. The molecule has 0 spiro atoms. The van der Waals surface area contributed by atoms with Crippen LogP contribution in [0.4, 0.5) is 5.13 Å². The van der Waals surface area contributed by atoms with Crippen LogP contribution in [0.3, 0.4) is 0 Å². The second-order valence-electron chi connectivity index (χ2n) is 6.17. The molecule has 0 radical (unpaired) electrons. The fraction of sp³-hybridized carbons (Fsp3) is 0.294. The summed E-state index contributed by atoms with van der Waals surface area (Å²) in [5.74, 6) is 0.0791. The Balaban J connectivity index is 1.72. The van der Waals surface area contributed by atoms with Gasteiger partial charge in [-0.15, -0.1) is 11.3 Å². The Bertz CT molecular complexity index is 885. The first-order valence-corrected chi connectivity index (χ1v) is 8.82. The molecule has 1 aromatic carbocycles. The van der Waals surface area contributed by atoms with Gasteiger partial charge in [0.05, 0.1) is 17.9 Å². The van der Waals surface area contributed by atoms with Gasteiger partial charge in [-0.25, -0.2) is 14.6 Å². The number of aromatic nitrogens is 4. The second kappa shape index (κ2) is 6.29. The lowest BCUT2D eigenvalue weighted by molar-refractivity contribution is -0.121. The van der Waals surface area contributed by atoms with E-state index in [9.17, 15) is 4.79 Å². The van der Waals surface area contributed by atoms with E-state index in [1.807, 2.05) is 31.1 Å². The minimum absolute atomic E-state index is 0.0218. The van der Waals surface area contributed by atoms with Gasteiger partial charge in [0.2, 0.25) is 5.91 Å². The van der Waals surface area contributed by atoms with Crippen molar-refractivity contribution >= 4 is 22.4 Å². The molecule has 3 heterocycles. The van der Waals surface area contributed by atoms with E-state index in [0.717, 1.165) is 27.0 Å². The topological polar surface area (TPSA) is 75.9 Å². The van der Waals surface area contributed by atoms with Gasteiger partial charge < -0.3 is 10.2 Å². The molecule has 8 heteroatoms. The Morgan fingerprint density at radius 1 is 1.28 bits per heavy atom. The minimum Gasteiger partial charge on any atom is -0.354 e. The molecule has 0 saturated carbocycles. The number of anilines is 1. The second-order valence-corrected chi connectivity index (χ2v) is 7.18. The number of hydrogen-bond acceptors (Lipinski definition) is 6. The van der Waals surface area contributed by atoms with E-state index in [0.29, 0.717) is 13.0 Å². The van der Waals surface area contributed by atoms with Crippen LogP contribution >= 0.6 is 11.3 Å². The number of nitrogens with zero attached hydrogens (tertiary/aromatic N) is 5. The van der Waals surface area contributed by atoms with Crippen molar-refractivity contribution in [3.63, 3.8) is 0 Å². The summed E-state index contributed by atoms with van der Waals surface area (Å²) < 4.78 is 1.71. The molecule has 4 rings (SSSR count). The predicted octanol–water partition coefficient (Wildman–Crippen LogP) is 1.94. The normalized spacial score (nSPS) is 16.9. The summed E-state index contributed by atoms with van der Waals surface area (Å²) in [6.45, 7) is 0.492. The molecule has 0 fully saturated rings. The molecule has 1 aliphatic heterocycles. The fourth-order valence-electron chi connectivity index (χ4n) is 2.94. The molecule has 3 aromatic rings. The number of thiazole rings is 1. The van der Waals surface area contributed by atoms with Gasteiger partial charge in [0.1, 0.15) is 12.7 Å². The minimum atomic E-state index is 0.0218. The first kappa shape index (κ1) is 15.8. The van der Waals surface area contributed by atoms with Gasteiger partial charge in [-0.05, 0) is 17.7 Å². The average molecular weight is 354 g/mol. The highest BCUT2D eigenvalue weighted by atomic mass is 32.1. The fourth-order valence-corrected chi connectivity index (χ4v) is 4.08. The van der Waals surface area contributed by atoms with Crippen LogP contribution in [0.1, 0.15) is 28.5 Å². The van der Waals surface area contributed by atoms with Crippen molar-refractivity contribution in [2.24, 2.45) is 0 Å². The van der Waals surface area contributed by atoms with Crippen molar-refractivity contribution in [2.75, 3.05) is 19.0 Å². The lowest BCUT2D eigenvalue weighted by Crippen LogP contribution is -2.21. The van der Waals surface area contributed by atoms with Gasteiger partial charge in [0, 0.05) is 31.3 Å². The van der Waals surface area contributed by atoms with E-state index < -0.39 is 0 Å². The van der Waals surface area contributed by atoms with Crippen LogP contribution in [0.5, 0.6) is 0 Å². The Morgan fingerprint density at radius 2 is 2.08 bits per heavy atom. The van der Waals surface area contributed by atoms with Gasteiger partial charge in [0.15, 0.2) is 5.13 Å². The van der Waals surface area contributed by atoms with E-state index >= 15 is 0 Å². The SMILES string of the molecule is CN(C)c1nc2c(s1)C(c1ccc(-n3cncn3)cc1)CC(=O)NC2. The number of nitrogens with one attached hydrogen (secondary N) is 1. The van der Waals surface area contributed by atoms with Crippen molar-refractivity contribution in [1.29, 1.82) is 0 Å². The third-order valence-electron chi connectivity index (χ3n) is 4.24. The van der Waals surface area contributed by atoms with Crippen molar-refractivity contribution in [3.8, 4) is 5.69 Å². The Kier molecular flexibility index (Phi) is 3.96. The standard InChI is InChI=1S/C17H18N6OS/c1-22(2)17-21-14-8-19-15(24)7-13(16(14)25-17)11-3-5-12(6-4-11)23-10-18-9-20-23/h3-6,9-10,13H,7-8H2,1-2H3,(H,19,24). The maximum absolute atomic E-state index is 12.1. The number of hydrogen-bond donors (Lipinski definition) is 1. The molecule has 0 aliphatic carbocycles. The highest BCUT2D eigenvalue weighted by Crippen LogP contribution is 2.38. The summed E-state index contributed by atoms with van der Waals surface area (Å²) in [5.41, 5.74) is 3.01. The molecule has 0 saturated heterocycles. The molecule has 1 unspecified atom stereocenters. The van der Waals surface area contributed by atoms with E-state index in [4.69, 9.17) is 0 Å². The van der Waals surface area contributed by atoms with Gasteiger partial charge in [0.25, 0.3) is 0 Å². The van der Waals surface area contributed by atoms with E-state index in [1.54, 1.807) is 22.3 Å². The highest BCUT2D eigenvalue weighted by Gasteiger charge is 2.28. The molecular weight excluding hydrogens is 336 g/mol. The maximum Gasteiger partial charge on any atom is 0.221 e. The van der Waals surface area contributed by atoms with E-state index in [-0.39, 0.29) is 11.8 Å². The molecule has 25 heavy (non-hydrogen) atoms. The highest BCUT2D eigenvalue weighted by molar-refractivity contribution is 7.15. The Hall–Kier alpha value is -2.74. The molecule has 1 atom stereocenters. The predicted molar refractivity (Wildman–Crippen MR) is 96.1 cm³/mol. The van der Waals surface area contributed by atoms with Crippen LogP contribution < -0.4 is 10.2 Å². The molecule has 0 bridgehead atoms. The number of benzene rings is 1. The van der Waals surface area contributed by atoms with E-state index in [2.05, 4.69) is 32.5 Å². The molecule has 1 aliphatic rings. The van der Waals surface area contributed by atoms with Gasteiger partial charge in [-0.2, -0.15) is 5.10 Å². The lowest BCUT2D eigenvalue weighted by atomic mass is 9.93. The Morgan fingerprint density at radius 3 is 2.76 bits per heavy atom. The van der Waals surface area contributed by atoms with E-state index in [1.165, 1.54) is 6.33 Å². The summed E-state index contributed by atoms with van der Waals surface area (Å²) in [7, 11) is 3.97. The largest absolute Gasteiger partial charge is 0.354 e. The molecular formula is C17H18N6OS. The van der Waals surface area contributed by atoms with Crippen molar-refractivity contribution in [2.45, 2.75) is 18.9 Å². The summed E-state index contributed by atoms with van der Waals surface area (Å²) in [6, 6.07) is 8.11. The third-order valence-corrected chi connectivity index (χ3v) is 5.62. The summed E-state index contributed by atoms with van der Waals surface area (Å²) in [4.78, 5) is 24.0. The monoisotopic (exact) mass is 354 g/mol. The summed E-state index contributed by atoms with van der Waals surface area (Å²) in [5, 5.41) is 8.06. The average Bonchev–Trinajstić information content (AvgIpc) is 3.26. The number of carbonyl (C=O) groups excluding carboxylic acids is 1. The number of fused-ring (bicyclic) bond motifs is 1. The van der Waals surface area contributed by atoms with Crippen molar-refractivity contribution in [3.05, 3.63) is 53.1 Å².